The van der Waals surface area contributed by atoms with Gasteiger partial charge in [0.1, 0.15) is 17.5 Å². The minimum atomic E-state index is -0.374. The second-order valence-corrected chi connectivity index (χ2v) is 5.91. The van der Waals surface area contributed by atoms with Gasteiger partial charge in [0.05, 0.1) is 6.21 Å². The molecule has 4 nitrogen and oxygen atoms in total. The molecule has 0 bridgehead atoms. The van der Waals surface area contributed by atoms with E-state index in [0.29, 0.717) is 12.2 Å². The Morgan fingerprint density at radius 1 is 1.26 bits per heavy atom. The summed E-state index contributed by atoms with van der Waals surface area (Å²) in [6.07, 6.45) is 9.22. The summed E-state index contributed by atoms with van der Waals surface area (Å²) < 4.78 is 13.0. The Balaban J connectivity index is 4.81. The Morgan fingerprint density at radius 2 is 1.93 bits per heavy atom. The maximum atomic E-state index is 13.0. The Bertz CT molecular complexity index is 697. The highest BCUT2D eigenvalue weighted by molar-refractivity contribution is 6.25. The monoisotopic (exact) mass is 392 g/mol. The first-order valence-corrected chi connectivity index (χ1v) is 9.00. The highest BCUT2D eigenvalue weighted by Crippen LogP contribution is 2.10. The molecule has 0 aliphatic carbocycles. The van der Waals surface area contributed by atoms with Gasteiger partial charge in [-0.15, -0.1) is 0 Å². The molecule has 0 saturated carbocycles. The Labute approximate surface area is 167 Å². The number of likely N-dealkylation sites (N-methyl/N-ethyl adjacent to an activating group) is 1. The third kappa shape index (κ3) is 9.75. The van der Waals surface area contributed by atoms with Gasteiger partial charge in [0, 0.05) is 38.3 Å². The maximum absolute atomic E-state index is 13.0. The van der Waals surface area contributed by atoms with Crippen LogP contribution in [0.3, 0.4) is 0 Å². The number of halogens is 2. The fourth-order valence-corrected chi connectivity index (χ4v) is 2.21. The molecule has 0 atom stereocenters. The van der Waals surface area contributed by atoms with E-state index in [1.807, 2.05) is 50.9 Å². The third-order valence-electron chi connectivity index (χ3n) is 3.52. The minimum absolute atomic E-state index is 0.171. The average molecular weight is 393 g/mol. The standard InChI is InChI=1S/C21H30ClFN4/c1-8-18(11-10-12-19(23)13-22)15-25-17(5)14-26-20(9-2)27(7)21(24-6)16(3)4/h8-11,13-14,25H,3,5,12,15H2,1-2,4,6-7H3/b11-10?,18-8+,19-13-,20-9-,24-21?,26-14+. The number of rotatable bonds is 10. The molecule has 0 saturated heterocycles. The summed E-state index contributed by atoms with van der Waals surface area (Å²) in [5, 5.41) is 3.18. The van der Waals surface area contributed by atoms with E-state index >= 15 is 0 Å². The minimum Gasteiger partial charge on any atom is -0.380 e. The van der Waals surface area contributed by atoms with Crippen molar-refractivity contribution in [2.75, 3.05) is 20.6 Å². The van der Waals surface area contributed by atoms with Gasteiger partial charge in [-0.25, -0.2) is 9.38 Å². The molecule has 0 spiro atoms. The summed E-state index contributed by atoms with van der Waals surface area (Å²) in [5.41, 5.74) is 3.45. The number of amidine groups is 1. The van der Waals surface area contributed by atoms with E-state index in [-0.39, 0.29) is 12.2 Å². The number of allylic oxidation sites excluding steroid dienone is 5. The summed E-state index contributed by atoms with van der Waals surface area (Å²) in [7, 11) is 3.61. The van der Waals surface area contributed by atoms with Crippen LogP contribution in [0.15, 0.2) is 81.5 Å². The first kappa shape index (κ1) is 24.6. The quantitative estimate of drug-likeness (QED) is 0.303. The van der Waals surface area contributed by atoms with Crippen LogP contribution in [0.5, 0.6) is 0 Å². The zero-order valence-electron chi connectivity index (χ0n) is 16.9. The predicted molar refractivity (Wildman–Crippen MR) is 118 cm³/mol. The summed E-state index contributed by atoms with van der Waals surface area (Å²) in [6, 6.07) is 0. The van der Waals surface area contributed by atoms with Crippen LogP contribution in [0, 0.1) is 0 Å². The number of hydrogen-bond acceptors (Lipinski definition) is 3. The van der Waals surface area contributed by atoms with Crippen LogP contribution in [-0.4, -0.2) is 37.6 Å². The molecule has 0 amide bonds. The lowest BCUT2D eigenvalue weighted by Gasteiger charge is -2.21. The van der Waals surface area contributed by atoms with Crippen molar-refractivity contribution in [3.05, 3.63) is 71.5 Å². The lowest BCUT2D eigenvalue weighted by Crippen LogP contribution is -2.26. The number of aliphatic imine (C=N–C) groups is 2. The van der Waals surface area contributed by atoms with Crippen molar-refractivity contribution in [3.8, 4) is 0 Å². The SMILES string of the molecule is C=C(/C=N/C(=C/C)N(C)C(=NC)C(=C)C)NC/C(C=CC/C(F)=C/Cl)=C/C. The Morgan fingerprint density at radius 3 is 2.41 bits per heavy atom. The first-order chi connectivity index (χ1) is 12.8. The van der Waals surface area contributed by atoms with Crippen LogP contribution in [0.1, 0.15) is 27.2 Å². The van der Waals surface area contributed by atoms with Crippen LogP contribution in [-0.2, 0) is 0 Å². The highest BCUT2D eigenvalue weighted by atomic mass is 35.5. The van der Waals surface area contributed by atoms with Crippen molar-refractivity contribution in [2.45, 2.75) is 27.2 Å². The van der Waals surface area contributed by atoms with Gasteiger partial charge in [0.2, 0.25) is 0 Å². The topological polar surface area (TPSA) is 40.0 Å². The van der Waals surface area contributed by atoms with E-state index in [1.54, 1.807) is 19.3 Å². The van der Waals surface area contributed by atoms with E-state index < -0.39 is 0 Å². The fraction of sp³-hybridized carbons (Fsp3) is 0.333. The van der Waals surface area contributed by atoms with Crippen molar-refractivity contribution in [1.82, 2.24) is 10.2 Å². The number of hydrogen-bond donors (Lipinski definition) is 1. The van der Waals surface area contributed by atoms with E-state index in [2.05, 4.69) is 28.5 Å². The average Bonchev–Trinajstić information content (AvgIpc) is 2.64. The molecule has 27 heavy (non-hydrogen) atoms. The third-order valence-corrected chi connectivity index (χ3v) is 3.76. The summed E-state index contributed by atoms with van der Waals surface area (Å²) in [5.74, 6) is 1.12. The number of nitrogens with zero attached hydrogens (tertiary/aromatic N) is 3. The molecule has 6 heteroatoms. The van der Waals surface area contributed by atoms with Crippen LogP contribution in [0.2, 0.25) is 0 Å². The number of nitrogens with one attached hydrogen (secondary N) is 1. The lowest BCUT2D eigenvalue weighted by atomic mass is 10.2. The molecule has 0 aromatic heterocycles. The van der Waals surface area contributed by atoms with Crippen molar-refractivity contribution in [3.63, 3.8) is 0 Å². The van der Waals surface area contributed by atoms with Gasteiger partial charge >= 0.3 is 0 Å². The summed E-state index contributed by atoms with van der Waals surface area (Å²) >= 11 is 5.30. The molecule has 0 fully saturated rings. The summed E-state index contributed by atoms with van der Waals surface area (Å²) in [6.45, 7) is 14.2. The van der Waals surface area contributed by atoms with E-state index in [1.165, 1.54) is 0 Å². The zero-order valence-corrected chi connectivity index (χ0v) is 17.6. The predicted octanol–water partition coefficient (Wildman–Crippen LogP) is 5.50. The van der Waals surface area contributed by atoms with Gasteiger partial charge in [-0.2, -0.15) is 0 Å². The van der Waals surface area contributed by atoms with Crippen LogP contribution >= 0.6 is 11.6 Å². The van der Waals surface area contributed by atoms with E-state index in [0.717, 1.165) is 28.3 Å². The fourth-order valence-electron chi connectivity index (χ4n) is 2.12. The second kappa shape index (κ2) is 13.8. The van der Waals surface area contributed by atoms with Crippen molar-refractivity contribution in [1.29, 1.82) is 0 Å². The van der Waals surface area contributed by atoms with Crippen LogP contribution in [0.25, 0.3) is 0 Å². The molecular formula is C21H30ClFN4. The molecule has 0 rings (SSSR count). The Hall–Kier alpha value is -2.40. The molecule has 148 valence electrons. The van der Waals surface area contributed by atoms with Gasteiger partial charge in [0.15, 0.2) is 0 Å². The molecule has 0 aliphatic rings. The van der Waals surface area contributed by atoms with Gasteiger partial charge in [-0.05, 0) is 38.0 Å². The summed E-state index contributed by atoms with van der Waals surface area (Å²) in [4.78, 5) is 10.6. The second-order valence-electron chi connectivity index (χ2n) is 5.70. The zero-order chi connectivity index (χ0) is 20.8. The van der Waals surface area contributed by atoms with Gasteiger partial charge < -0.3 is 10.2 Å². The molecule has 1 N–H and O–H groups in total. The van der Waals surface area contributed by atoms with E-state index in [9.17, 15) is 4.39 Å². The van der Waals surface area contributed by atoms with Gasteiger partial charge in [0.25, 0.3) is 0 Å². The van der Waals surface area contributed by atoms with Crippen LogP contribution in [0.4, 0.5) is 4.39 Å². The molecule has 0 aromatic rings. The lowest BCUT2D eigenvalue weighted by molar-refractivity contribution is 0.615. The maximum Gasteiger partial charge on any atom is 0.130 e. The highest BCUT2D eigenvalue weighted by Gasteiger charge is 2.09. The molecule has 0 heterocycles. The van der Waals surface area contributed by atoms with Crippen molar-refractivity contribution >= 4 is 23.7 Å². The first-order valence-electron chi connectivity index (χ1n) is 8.56. The molecule has 0 radical (unpaired) electrons. The largest absolute Gasteiger partial charge is 0.380 e. The molecule has 0 aliphatic heterocycles. The van der Waals surface area contributed by atoms with Gasteiger partial charge in [-0.1, -0.05) is 43.0 Å². The Kier molecular flexibility index (Phi) is 12.5. The molecule has 0 aromatic carbocycles. The van der Waals surface area contributed by atoms with Gasteiger partial charge in [-0.3, -0.25) is 4.99 Å². The molecular weight excluding hydrogens is 363 g/mol. The smallest absolute Gasteiger partial charge is 0.130 e. The van der Waals surface area contributed by atoms with Crippen LogP contribution < -0.4 is 5.32 Å². The normalized spacial score (nSPS) is 14.2. The van der Waals surface area contributed by atoms with Crippen molar-refractivity contribution < 1.29 is 4.39 Å². The molecule has 0 unspecified atom stereocenters. The van der Waals surface area contributed by atoms with E-state index in [4.69, 9.17) is 11.6 Å². The van der Waals surface area contributed by atoms with Crippen molar-refractivity contribution in [2.24, 2.45) is 9.98 Å².